The fourth-order valence-electron chi connectivity index (χ4n) is 4.09. The number of likely N-dealkylation sites (N-methyl/N-ethyl adjacent to an activating group) is 1. The van der Waals surface area contributed by atoms with Crippen molar-refractivity contribution in [3.05, 3.63) is 53.7 Å². The van der Waals surface area contributed by atoms with E-state index in [-0.39, 0.29) is 17.8 Å². The van der Waals surface area contributed by atoms with Crippen molar-refractivity contribution in [1.82, 2.24) is 19.7 Å². The van der Waals surface area contributed by atoms with Gasteiger partial charge in [0.2, 0.25) is 0 Å². The van der Waals surface area contributed by atoms with Crippen LogP contribution in [0.4, 0.5) is 4.79 Å². The van der Waals surface area contributed by atoms with Gasteiger partial charge >= 0.3 is 6.03 Å². The zero-order chi connectivity index (χ0) is 19.9. The number of imide groups is 1. The second-order valence-electron chi connectivity index (χ2n) is 7.30. The molecule has 0 N–H and O–H groups in total. The monoisotopic (exact) mass is 382 g/mol. The van der Waals surface area contributed by atoms with Gasteiger partial charge in [0.25, 0.3) is 11.8 Å². The average molecular weight is 382 g/mol. The summed E-state index contributed by atoms with van der Waals surface area (Å²) in [6.45, 7) is 2.82. The van der Waals surface area contributed by atoms with Gasteiger partial charge in [-0.05, 0) is 25.3 Å². The van der Waals surface area contributed by atoms with E-state index in [4.69, 9.17) is 4.42 Å². The fourth-order valence-corrected chi connectivity index (χ4v) is 4.09. The van der Waals surface area contributed by atoms with Gasteiger partial charge in [0.05, 0.1) is 0 Å². The number of hydrogen-bond donors (Lipinski definition) is 0. The predicted octanol–water partition coefficient (Wildman–Crippen LogP) is 2.05. The molecule has 0 saturated carbocycles. The van der Waals surface area contributed by atoms with Crippen LogP contribution in [0, 0.1) is 6.92 Å². The zero-order valence-electron chi connectivity index (χ0n) is 15.9. The largest absolute Gasteiger partial charge is 0.448 e. The summed E-state index contributed by atoms with van der Waals surface area (Å²) < 4.78 is 5.13. The molecule has 2 saturated heterocycles. The number of benzene rings is 1. The Morgan fingerprint density at radius 1 is 1.18 bits per heavy atom. The maximum Gasteiger partial charge on any atom is 0.327 e. The van der Waals surface area contributed by atoms with Crippen molar-refractivity contribution in [3.63, 3.8) is 0 Å². The van der Waals surface area contributed by atoms with E-state index in [0.29, 0.717) is 43.9 Å². The summed E-state index contributed by atoms with van der Waals surface area (Å²) in [5.41, 5.74) is 0.357. The minimum Gasteiger partial charge on any atom is -0.448 e. The zero-order valence-corrected chi connectivity index (χ0v) is 15.9. The molecule has 4 amide bonds. The van der Waals surface area contributed by atoms with Crippen LogP contribution in [0.3, 0.4) is 0 Å². The van der Waals surface area contributed by atoms with Crippen molar-refractivity contribution >= 4 is 17.8 Å². The second kappa shape index (κ2) is 6.78. The van der Waals surface area contributed by atoms with Crippen LogP contribution in [0.15, 0.2) is 41.1 Å². The third-order valence-corrected chi connectivity index (χ3v) is 5.75. The van der Waals surface area contributed by atoms with E-state index in [1.165, 1.54) is 18.3 Å². The molecule has 146 valence electrons. The van der Waals surface area contributed by atoms with E-state index in [1.54, 1.807) is 16.7 Å². The average Bonchev–Trinajstić information content (AvgIpc) is 3.22. The van der Waals surface area contributed by atoms with Crippen LogP contribution in [-0.4, -0.2) is 63.2 Å². The van der Waals surface area contributed by atoms with Gasteiger partial charge in [0.15, 0.2) is 12.1 Å². The van der Waals surface area contributed by atoms with Gasteiger partial charge in [-0.1, -0.05) is 30.3 Å². The van der Waals surface area contributed by atoms with Gasteiger partial charge in [-0.15, -0.1) is 0 Å². The Bertz CT molecular complexity index is 915. The first-order valence-electron chi connectivity index (χ1n) is 9.27. The summed E-state index contributed by atoms with van der Waals surface area (Å²) in [4.78, 5) is 47.0. The number of oxazole rings is 1. The number of carbonyl (C=O) groups excluding carboxylic acids is 3. The molecule has 0 unspecified atom stereocenters. The van der Waals surface area contributed by atoms with Gasteiger partial charge in [-0.3, -0.25) is 14.5 Å². The molecule has 28 heavy (non-hydrogen) atoms. The first kappa shape index (κ1) is 18.2. The van der Waals surface area contributed by atoms with E-state index < -0.39 is 5.54 Å². The lowest BCUT2D eigenvalue weighted by atomic mass is 9.85. The summed E-state index contributed by atoms with van der Waals surface area (Å²) in [5.74, 6) is 0.0711. The molecule has 1 aromatic carbocycles. The smallest absolute Gasteiger partial charge is 0.327 e. The Hall–Kier alpha value is -3.16. The molecule has 1 spiro atoms. The van der Waals surface area contributed by atoms with Crippen LogP contribution in [-0.2, 0) is 11.3 Å². The molecule has 4 rings (SSSR count). The molecule has 0 radical (unpaired) electrons. The molecule has 2 aliphatic heterocycles. The van der Waals surface area contributed by atoms with Gasteiger partial charge in [0.1, 0.15) is 11.3 Å². The minimum absolute atomic E-state index is 0.196. The number of amides is 4. The highest BCUT2D eigenvalue weighted by Gasteiger charge is 2.57. The Labute approximate surface area is 162 Å². The number of nitrogens with zero attached hydrogens (tertiary/aromatic N) is 4. The number of aromatic nitrogens is 1. The molecule has 8 heteroatoms. The number of aryl methyl sites for hydroxylation is 1. The van der Waals surface area contributed by atoms with Crippen molar-refractivity contribution < 1.29 is 18.8 Å². The molecule has 0 aliphatic carbocycles. The third-order valence-electron chi connectivity index (χ3n) is 5.75. The van der Waals surface area contributed by atoms with Crippen LogP contribution in [0.2, 0.25) is 0 Å². The minimum atomic E-state index is -0.905. The van der Waals surface area contributed by atoms with E-state index in [0.717, 1.165) is 5.56 Å². The van der Waals surface area contributed by atoms with Crippen LogP contribution >= 0.6 is 0 Å². The summed E-state index contributed by atoms with van der Waals surface area (Å²) in [7, 11) is 1.52. The number of piperidine rings is 1. The normalized spacial score (nSPS) is 19.0. The predicted molar refractivity (Wildman–Crippen MR) is 99.3 cm³/mol. The van der Waals surface area contributed by atoms with Crippen molar-refractivity contribution in [2.24, 2.45) is 0 Å². The number of carbonyl (C=O) groups is 3. The molecule has 2 aliphatic rings. The number of rotatable bonds is 3. The molecular formula is C20H22N4O4. The quantitative estimate of drug-likeness (QED) is 0.759. The first-order valence-corrected chi connectivity index (χ1v) is 9.27. The first-order chi connectivity index (χ1) is 13.4. The van der Waals surface area contributed by atoms with Crippen molar-refractivity contribution in [2.45, 2.75) is 31.8 Å². The molecule has 2 aromatic rings. The van der Waals surface area contributed by atoms with Gasteiger partial charge < -0.3 is 14.2 Å². The van der Waals surface area contributed by atoms with Crippen molar-refractivity contribution in [3.8, 4) is 0 Å². The fraction of sp³-hybridized carbons (Fsp3) is 0.400. The molecule has 3 heterocycles. The van der Waals surface area contributed by atoms with Gasteiger partial charge in [-0.25, -0.2) is 9.78 Å². The maximum absolute atomic E-state index is 13.0. The van der Waals surface area contributed by atoms with Crippen molar-refractivity contribution in [1.29, 1.82) is 0 Å². The molecular weight excluding hydrogens is 360 g/mol. The van der Waals surface area contributed by atoms with Gasteiger partial charge in [-0.2, -0.15) is 0 Å². The van der Waals surface area contributed by atoms with E-state index in [9.17, 15) is 14.4 Å². The summed E-state index contributed by atoms with van der Waals surface area (Å²) in [6, 6.07) is 9.33. The van der Waals surface area contributed by atoms with E-state index >= 15 is 0 Å². The summed E-state index contributed by atoms with van der Waals surface area (Å²) in [5, 5.41) is 0. The Morgan fingerprint density at radius 3 is 2.46 bits per heavy atom. The van der Waals surface area contributed by atoms with Crippen LogP contribution < -0.4 is 0 Å². The van der Waals surface area contributed by atoms with E-state index in [2.05, 4.69) is 4.98 Å². The standard InChI is InChI=1S/C20H22N4O4/c1-14-16(21-13-28-14)17(25)23-10-8-20(9-11-23)18(26)22(2)19(27)24(20)12-15-6-4-3-5-7-15/h3-7,13H,8-12H2,1-2H3. The second-order valence-corrected chi connectivity index (χ2v) is 7.30. The molecule has 8 nitrogen and oxygen atoms in total. The SMILES string of the molecule is Cc1ocnc1C(=O)N1CCC2(CC1)C(=O)N(C)C(=O)N2Cc1ccccc1. The van der Waals surface area contributed by atoms with Crippen LogP contribution in [0.25, 0.3) is 0 Å². The van der Waals surface area contributed by atoms with E-state index in [1.807, 2.05) is 30.3 Å². The number of urea groups is 1. The van der Waals surface area contributed by atoms with Crippen LogP contribution in [0.5, 0.6) is 0 Å². The molecule has 0 atom stereocenters. The lowest BCUT2D eigenvalue weighted by Gasteiger charge is -2.42. The summed E-state index contributed by atoms with van der Waals surface area (Å²) in [6.07, 6.45) is 2.05. The number of likely N-dealkylation sites (tertiary alicyclic amines) is 1. The lowest BCUT2D eigenvalue weighted by Crippen LogP contribution is -2.57. The Balaban J connectivity index is 1.56. The highest BCUT2D eigenvalue weighted by atomic mass is 16.3. The van der Waals surface area contributed by atoms with Crippen molar-refractivity contribution in [2.75, 3.05) is 20.1 Å². The van der Waals surface area contributed by atoms with Gasteiger partial charge in [0, 0.05) is 26.7 Å². The highest BCUT2D eigenvalue weighted by Crippen LogP contribution is 2.38. The Morgan fingerprint density at radius 2 is 1.86 bits per heavy atom. The summed E-state index contributed by atoms with van der Waals surface area (Å²) >= 11 is 0. The lowest BCUT2D eigenvalue weighted by molar-refractivity contribution is -0.134. The topological polar surface area (TPSA) is 87.0 Å². The number of hydrogen-bond acceptors (Lipinski definition) is 5. The molecule has 2 fully saturated rings. The van der Waals surface area contributed by atoms with Crippen LogP contribution in [0.1, 0.15) is 34.7 Å². The maximum atomic E-state index is 13.0. The highest BCUT2D eigenvalue weighted by molar-refractivity contribution is 6.07. The molecule has 1 aromatic heterocycles. The Kier molecular flexibility index (Phi) is 4.41. The third kappa shape index (κ3) is 2.76. The molecule has 0 bridgehead atoms.